The minimum absolute atomic E-state index is 0.0344. The molecule has 0 amide bonds. The van der Waals surface area contributed by atoms with Crippen LogP contribution in [-0.4, -0.2) is 32.5 Å². The maximum absolute atomic E-state index is 13.1. The second-order valence-corrected chi connectivity index (χ2v) is 3.25. The van der Waals surface area contributed by atoms with Crippen LogP contribution in [0.4, 0.5) is 4.39 Å². The molecule has 1 aliphatic rings. The van der Waals surface area contributed by atoms with Crippen LogP contribution in [0.2, 0.25) is 0 Å². The Hall–Kier alpha value is -0.640. The lowest BCUT2D eigenvalue weighted by Gasteiger charge is -2.25. The molecule has 1 fully saturated rings. The molecular weight excluding hydrogens is 175 g/mol. The highest BCUT2D eigenvalue weighted by Gasteiger charge is 2.25. The molecule has 4 heteroatoms. The van der Waals surface area contributed by atoms with Gasteiger partial charge in [-0.3, -0.25) is 4.79 Å². The third-order valence-corrected chi connectivity index (χ3v) is 2.37. The van der Waals surface area contributed by atoms with Gasteiger partial charge in [0.1, 0.15) is 6.17 Å². The number of alkyl halides is 1. The Bertz CT molecular complexity index is 172. The van der Waals surface area contributed by atoms with Crippen molar-refractivity contribution in [1.29, 1.82) is 0 Å². The SMILES string of the molecule is COC(=O)CCC1CCOCC1F. The summed E-state index contributed by atoms with van der Waals surface area (Å²) in [6.45, 7) is 0.776. The maximum atomic E-state index is 13.1. The zero-order valence-corrected chi connectivity index (χ0v) is 7.79. The van der Waals surface area contributed by atoms with Gasteiger partial charge < -0.3 is 9.47 Å². The lowest BCUT2D eigenvalue weighted by atomic mass is 9.93. The predicted octanol–water partition coefficient (Wildman–Crippen LogP) is 1.31. The Balaban J connectivity index is 2.22. The van der Waals surface area contributed by atoms with Gasteiger partial charge in [0, 0.05) is 13.0 Å². The van der Waals surface area contributed by atoms with Crippen molar-refractivity contribution in [3.63, 3.8) is 0 Å². The molecule has 3 nitrogen and oxygen atoms in total. The Morgan fingerprint density at radius 1 is 1.69 bits per heavy atom. The third kappa shape index (κ3) is 3.30. The van der Waals surface area contributed by atoms with E-state index < -0.39 is 6.17 Å². The van der Waals surface area contributed by atoms with E-state index in [4.69, 9.17) is 4.74 Å². The molecule has 13 heavy (non-hydrogen) atoms. The molecule has 0 aromatic carbocycles. The van der Waals surface area contributed by atoms with E-state index in [9.17, 15) is 9.18 Å². The van der Waals surface area contributed by atoms with E-state index in [-0.39, 0.29) is 18.5 Å². The number of carbonyl (C=O) groups excluding carboxylic acids is 1. The zero-order valence-electron chi connectivity index (χ0n) is 7.79. The van der Waals surface area contributed by atoms with Gasteiger partial charge in [-0.25, -0.2) is 4.39 Å². The molecule has 2 atom stereocenters. The van der Waals surface area contributed by atoms with Gasteiger partial charge in [-0.1, -0.05) is 0 Å². The van der Waals surface area contributed by atoms with E-state index in [1.54, 1.807) is 0 Å². The van der Waals surface area contributed by atoms with E-state index in [2.05, 4.69) is 4.74 Å². The number of hydrogen-bond acceptors (Lipinski definition) is 3. The van der Waals surface area contributed by atoms with Crippen molar-refractivity contribution in [2.75, 3.05) is 20.3 Å². The van der Waals surface area contributed by atoms with Crippen LogP contribution in [0.1, 0.15) is 19.3 Å². The molecule has 0 spiro atoms. The quantitative estimate of drug-likeness (QED) is 0.629. The Morgan fingerprint density at radius 2 is 2.46 bits per heavy atom. The minimum Gasteiger partial charge on any atom is -0.469 e. The lowest BCUT2D eigenvalue weighted by Crippen LogP contribution is -2.29. The number of esters is 1. The summed E-state index contributed by atoms with van der Waals surface area (Å²) in [5.41, 5.74) is 0. The molecule has 0 N–H and O–H groups in total. The van der Waals surface area contributed by atoms with E-state index in [0.29, 0.717) is 25.9 Å². The molecule has 0 radical (unpaired) electrons. The number of methoxy groups -OCH3 is 1. The molecule has 0 aromatic rings. The summed E-state index contributed by atoms with van der Waals surface area (Å²) in [4.78, 5) is 10.8. The van der Waals surface area contributed by atoms with Gasteiger partial charge in [0.15, 0.2) is 0 Å². The zero-order chi connectivity index (χ0) is 9.68. The average Bonchev–Trinajstić information content (AvgIpc) is 2.16. The molecule has 76 valence electrons. The van der Waals surface area contributed by atoms with Gasteiger partial charge in [0.25, 0.3) is 0 Å². The van der Waals surface area contributed by atoms with E-state index in [1.165, 1.54) is 7.11 Å². The highest BCUT2D eigenvalue weighted by molar-refractivity contribution is 5.69. The molecule has 1 rings (SSSR count). The van der Waals surface area contributed by atoms with Crippen LogP contribution < -0.4 is 0 Å². The topological polar surface area (TPSA) is 35.5 Å². The maximum Gasteiger partial charge on any atom is 0.305 e. The van der Waals surface area contributed by atoms with Crippen molar-refractivity contribution in [3.05, 3.63) is 0 Å². The summed E-state index contributed by atoms with van der Waals surface area (Å²) < 4.78 is 22.6. The Kier molecular flexibility index (Phi) is 4.15. The van der Waals surface area contributed by atoms with Crippen LogP contribution in [0.3, 0.4) is 0 Å². The molecule has 1 saturated heterocycles. The molecule has 0 saturated carbocycles. The fourth-order valence-electron chi connectivity index (χ4n) is 1.48. The largest absolute Gasteiger partial charge is 0.469 e. The number of halogens is 1. The summed E-state index contributed by atoms with van der Waals surface area (Å²) >= 11 is 0. The normalized spacial score (nSPS) is 28.5. The fraction of sp³-hybridized carbons (Fsp3) is 0.889. The monoisotopic (exact) mass is 190 g/mol. The van der Waals surface area contributed by atoms with E-state index in [0.717, 1.165) is 0 Å². The first-order valence-corrected chi connectivity index (χ1v) is 4.52. The number of ether oxygens (including phenoxy) is 2. The fourth-order valence-corrected chi connectivity index (χ4v) is 1.48. The first kappa shape index (κ1) is 10.4. The summed E-state index contributed by atoms with van der Waals surface area (Å²) in [6, 6.07) is 0. The number of rotatable bonds is 3. The first-order valence-electron chi connectivity index (χ1n) is 4.52. The van der Waals surface area contributed by atoms with Crippen LogP contribution in [0.25, 0.3) is 0 Å². The minimum atomic E-state index is -0.918. The third-order valence-electron chi connectivity index (χ3n) is 2.37. The number of carbonyl (C=O) groups is 1. The van der Waals surface area contributed by atoms with Crippen molar-refractivity contribution >= 4 is 5.97 Å². The van der Waals surface area contributed by atoms with Gasteiger partial charge in [-0.05, 0) is 18.8 Å². The molecule has 1 heterocycles. The Labute approximate surface area is 77.2 Å². The van der Waals surface area contributed by atoms with Gasteiger partial charge >= 0.3 is 5.97 Å². The molecule has 0 bridgehead atoms. The Morgan fingerprint density at radius 3 is 3.08 bits per heavy atom. The smallest absolute Gasteiger partial charge is 0.305 e. The van der Waals surface area contributed by atoms with Crippen molar-refractivity contribution in [2.24, 2.45) is 5.92 Å². The second kappa shape index (κ2) is 5.17. The van der Waals surface area contributed by atoms with Crippen molar-refractivity contribution < 1.29 is 18.7 Å². The van der Waals surface area contributed by atoms with Crippen LogP contribution in [0.15, 0.2) is 0 Å². The lowest BCUT2D eigenvalue weighted by molar-refractivity contribution is -0.141. The van der Waals surface area contributed by atoms with Gasteiger partial charge in [0.2, 0.25) is 0 Å². The van der Waals surface area contributed by atoms with Crippen LogP contribution in [0.5, 0.6) is 0 Å². The van der Waals surface area contributed by atoms with Crippen molar-refractivity contribution in [3.8, 4) is 0 Å². The van der Waals surface area contributed by atoms with Gasteiger partial charge in [-0.2, -0.15) is 0 Å². The summed E-state index contributed by atoms with van der Waals surface area (Å²) in [5, 5.41) is 0. The van der Waals surface area contributed by atoms with Crippen molar-refractivity contribution in [2.45, 2.75) is 25.4 Å². The highest BCUT2D eigenvalue weighted by atomic mass is 19.1. The van der Waals surface area contributed by atoms with Crippen LogP contribution in [-0.2, 0) is 14.3 Å². The predicted molar refractivity (Wildman–Crippen MR) is 45.1 cm³/mol. The second-order valence-electron chi connectivity index (χ2n) is 3.25. The standard InChI is InChI=1S/C9H15FO3/c1-12-9(11)3-2-7-4-5-13-6-8(7)10/h7-8H,2-6H2,1H3. The number of hydrogen-bond donors (Lipinski definition) is 0. The van der Waals surface area contributed by atoms with Crippen LogP contribution in [0, 0.1) is 5.92 Å². The van der Waals surface area contributed by atoms with Gasteiger partial charge in [0.05, 0.1) is 13.7 Å². The summed E-state index contributed by atoms with van der Waals surface area (Å²) in [6.07, 6.45) is 0.662. The van der Waals surface area contributed by atoms with E-state index >= 15 is 0 Å². The molecular formula is C9H15FO3. The van der Waals surface area contributed by atoms with E-state index in [1.807, 2.05) is 0 Å². The van der Waals surface area contributed by atoms with Gasteiger partial charge in [-0.15, -0.1) is 0 Å². The van der Waals surface area contributed by atoms with Crippen molar-refractivity contribution in [1.82, 2.24) is 0 Å². The molecule has 2 unspecified atom stereocenters. The molecule has 1 aliphatic heterocycles. The molecule has 0 aromatic heterocycles. The summed E-state index contributed by atoms with van der Waals surface area (Å²) in [5.74, 6) is -0.299. The highest BCUT2D eigenvalue weighted by Crippen LogP contribution is 2.23. The average molecular weight is 190 g/mol. The van der Waals surface area contributed by atoms with Crippen LogP contribution >= 0.6 is 0 Å². The summed E-state index contributed by atoms with van der Waals surface area (Å²) in [7, 11) is 1.35. The molecule has 0 aliphatic carbocycles. The first-order chi connectivity index (χ1) is 6.24.